The first-order chi connectivity index (χ1) is 26.1. The second-order valence-electron chi connectivity index (χ2n) is 13.4. The molecular weight excluding hydrogens is 702 g/mol. The summed E-state index contributed by atoms with van der Waals surface area (Å²) in [6, 6.07) is 19.2. The van der Waals surface area contributed by atoms with Crippen molar-refractivity contribution in [3.05, 3.63) is 113 Å². The Hall–Kier alpha value is -5.61. The molecule has 286 valence electrons. The molecule has 2 unspecified atom stereocenters. The van der Waals surface area contributed by atoms with E-state index in [9.17, 15) is 18.7 Å². The lowest BCUT2D eigenvalue weighted by Crippen LogP contribution is -2.46. The zero-order valence-electron chi connectivity index (χ0n) is 30.1. The van der Waals surface area contributed by atoms with E-state index in [-0.39, 0.29) is 30.7 Å². The van der Waals surface area contributed by atoms with Crippen molar-refractivity contribution >= 4 is 17.8 Å². The van der Waals surface area contributed by atoms with Crippen LogP contribution < -0.4 is 20.2 Å². The molecule has 4 heterocycles. The summed E-state index contributed by atoms with van der Waals surface area (Å²) in [5.41, 5.74) is 1.93. The van der Waals surface area contributed by atoms with Gasteiger partial charge in [-0.1, -0.05) is 13.0 Å². The van der Waals surface area contributed by atoms with E-state index in [1.807, 2.05) is 43.3 Å². The van der Waals surface area contributed by atoms with Crippen molar-refractivity contribution in [3.8, 4) is 11.4 Å². The number of aliphatic hydroxyl groups excluding tert-OH is 1. The number of piperazine rings is 1. The van der Waals surface area contributed by atoms with Gasteiger partial charge in [-0.3, -0.25) is 4.79 Å². The Balaban J connectivity index is 0.00000160. The molecule has 0 saturated carbocycles. The zero-order valence-corrected chi connectivity index (χ0v) is 30.1. The van der Waals surface area contributed by atoms with E-state index in [0.29, 0.717) is 31.6 Å². The minimum absolute atomic E-state index is 0.0121. The number of anilines is 2. The monoisotopic (exact) mass is 746 g/mol. The van der Waals surface area contributed by atoms with Crippen LogP contribution in [0.1, 0.15) is 38.3 Å². The van der Waals surface area contributed by atoms with Crippen LogP contribution in [0.3, 0.4) is 0 Å². The molecule has 5 aromatic rings. The van der Waals surface area contributed by atoms with Gasteiger partial charge in [-0.05, 0) is 74.4 Å². The van der Waals surface area contributed by atoms with Gasteiger partial charge < -0.3 is 29.5 Å². The van der Waals surface area contributed by atoms with Crippen LogP contribution in [0.5, 0.6) is 5.75 Å². The zero-order chi connectivity index (χ0) is 38.2. The van der Waals surface area contributed by atoms with Crippen LogP contribution in [-0.4, -0.2) is 91.3 Å². The van der Waals surface area contributed by atoms with E-state index in [4.69, 9.17) is 19.4 Å². The average molecular weight is 747 g/mol. The number of rotatable bonds is 12. The Morgan fingerprint density at radius 2 is 1.59 bits per heavy atom. The lowest BCUT2D eigenvalue weighted by Gasteiger charge is -2.37. The van der Waals surface area contributed by atoms with Gasteiger partial charge in [-0.2, -0.15) is 10.2 Å². The maximum atomic E-state index is 15.0. The van der Waals surface area contributed by atoms with Crippen molar-refractivity contribution in [1.82, 2.24) is 29.1 Å². The van der Waals surface area contributed by atoms with Crippen LogP contribution >= 0.6 is 0 Å². The fourth-order valence-electron chi connectivity index (χ4n) is 7.24. The highest BCUT2D eigenvalue weighted by molar-refractivity contribution is 5.54. The lowest BCUT2D eigenvalue weighted by molar-refractivity contribution is -0.122. The Kier molecular flexibility index (Phi) is 12.0. The number of nitrogens with zero attached hydrogens (tertiary/aromatic N) is 8. The maximum absolute atomic E-state index is 15.0. The molecule has 2 N–H and O–H groups in total. The van der Waals surface area contributed by atoms with Crippen LogP contribution in [-0.2, 0) is 21.7 Å². The second-order valence-corrected chi connectivity index (χ2v) is 13.4. The van der Waals surface area contributed by atoms with E-state index < -0.39 is 23.3 Å². The molecule has 2 aliphatic heterocycles. The second kappa shape index (κ2) is 17.0. The molecule has 0 spiro atoms. The molecule has 0 aliphatic carbocycles. The molecule has 2 aliphatic rings. The number of hydrogen-bond acceptors (Lipinski definition) is 10. The Morgan fingerprint density at radius 1 is 0.963 bits per heavy atom. The first-order valence-corrected chi connectivity index (χ1v) is 17.8. The van der Waals surface area contributed by atoms with Gasteiger partial charge in [0.15, 0.2) is 0 Å². The van der Waals surface area contributed by atoms with Gasteiger partial charge in [0.2, 0.25) is 0 Å². The third-order valence-corrected chi connectivity index (χ3v) is 9.96. The van der Waals surface area contributed by atoms with E-state index in [1.165, 1.54) is 34.0 Å². The van der Waals surface area contributed by atoms with Crippen molar-refractivity contribution in [3.63, 3.8) is 0 Å². The van der Waals surface area contributed by atoms with Gasteiger partial charge in [0.1, 0.15) is 42.0 Å². The number of aliphatic hydroxyl groups is 1. The summed E-state index contributed by atoms with van der Waals surface area (Å²) in [6.07, 6.45) is 4.88. The van der Waals surface area contributed by atoms with E-state index in [0.717, 1.165) is 55.1 Å². The van der Waals surface area contributed by atoms with Crippen molar-refractivity contribution in [2.45, 2.75) is 51.0 Å². The smallest absolute Gasteiger partial charge is 0.350 e. The molecule has 14 nitrogen and oxygen atoms in total. The molecule has 2 aromatic heterocycles. The molecular formula is C38H44F2N8O6. The predicted octanol–water partition coefficient (Wildman–Crippen LogP) is 4.27. The summed E-state index contributed by atoms with van der Waals surface area (Å²) in [6.45, 7) is 7.72. The van der Waals surface area contributed by atoms with E-state index >= 15 is 0 Å². The molecule has 0 bridgehead atoms. The summed E-state index contributed by atoms with van der Waals surface area (Å²) >= 11 is 0. The van der Waals surface area contributed by atoms with Gasteiger partial charge in [0.05, 0.1) is 37.6 Å². The lowest BCUT2D eigenvalue weighted by atomic mass is 9.87. The van der Waals surface area contributed by atoms with Crippen molar-refractivity contribution < 1.29 is 33.3 Å². The molecule has 2 saturated heterocycles. The largest absolute Gasteiger partial charge is 0.493 e. The molecule has 54 heavy (non-hydrogen) atoms. The fourth-order valence-corrected chi connectivity index (χ4v) is 7.24. The third kappa shape index (κ3) is 8.44. The number of benzene rings is 3. The summed E-state index contributed by atoms with van der Waals surface area (Å²) in [5.74, 6) is -0.563. The highest BCUT2D eigenvalue weighted by Gasteiger charge is 2.44. The highest BCUT2D eigenvalue weighted by Crippen LogP contribution is 2.42. The SMILES string of the molecule is CCC(C(C)O)n1ncn(-c2ccc(N3CCN(c4ccc(OC[C@@H]5CO[C@@](Cn6cncn6)(c6ccc(F)cc6F)C5)cc4)CC3)cc2)c1=O.O=CO. The van der Waals surface area contributed by atoms with Gasteiger partial charge in [0, 0.05) is 55.1 Å². The number of carbonyl (C=O) groups is 1. The van der Waals surface area contributed by atoms with E-state index in [1.54, 1.807) is 17.9 Å². The molecule has 0 amide bonds. The number of ether oxygens (including phenoxy) is 2. The quantitative estimate of drug-likeness (QED) is 0.176. The Labute approximate surface area is 310 Å². The minimum Gasteiger partial charge on any atom is -0.493 e. The standard InChI is InChI=1S/C37H42F2N8O4.CH2O2/c1-3-35(26(2)48)47-36(49)46(25-42-47)31-7-5-29(6-8-31)43-14-16-44(17-15-43)30-9-11-32(12-10-30)50-20-27-19-37(51-21-27,22-45-24-40-23-41-45)33-13-4-28(38)18-34(33)39;2-1-3/h4-13,18,23-27,35,48H,3,14-17,19-22H2,1-2H3;1H,(H,2,3)/t26?,27-,35?,37+;/m1./s1. The first kappa shape index (κ1) is 38.1. The summed E-state index contributed by atoms with van der Waals surface area (Å²) in [5, 5.41) is 25.4. The van der Waals surface area contributed by atoms with E-state index in [2.05, 4.69) is 37.1 Å². The summed E-state index contributed by atoms with van der Waals surface area (Å²) < 4.78 is 45.6. The van der Waals surface area contributed by atoms with Crippen molar-refractivity contribution in [1.29, 1.82) is 0 Å². The van der Waals surface area contributed by atoms with Crippen molar-refractivity contribution in [2.24, 2.45) is 5.92 Å². The number of hydrogen-bond donors (Lipinski definition) is 2. The number of carboxylic acid groups (broad SMARTS) is 1. The molecule has 3 aromatic carbocycles. The summed E-state index contributed by atoms with van der Waals surface area (Å²) in [4.78, 5) is 30.0. The Morgan fingerprint density at radius 3 is 2.17 bits per heavy atom. The minimum atomic E-state index is -1.02. The van der Waals surface area contributed by atoms with Crippen LogP contribution in [0.25, 0.3) is 5.69 Å². The summed E-state index contributed by atoms with van der Waals surface area (Å²) in [7, 11) is 0. The predicted molar refractivity (Wildman–Crippen MR) is 196 cm³/mol. The normalized spacial score (nSPS) is 19.5. The fraction of sp³-hybridized carbons (Fsp3) is 0.395. The van der Waals surface area contributed by atoms with Crippen LogP contribution in [0.15, 0.2) is 90.5 Å². The number of halogens is 2. The average Bonchev–Trinajstić information content (AvgIpc) is 3.93. The van der Waals surface area contributed by atoms with Gasteiger partial charge >= 0.3 is 5.69 Å². The molecule has 2 fully saturated rings. The number of aromatic nitrogens is 6. The molecule has 7 rings (SSSR count). The van der Waals surface area contributed by atoms with Gasteiger partial charge in [0.25, 0.3) is 6.47 Å². The molecule has 4 atom stereocenters. The third-order valence-electron chi connectivity index (χ3n) is 9.96. The van der Waals surface area contributed by atoms with Crippen LogP contribution in [0, 0.1) is 17.6 Å². The van der Waals surface area contributed by atoms with Crippen molar-refractivity contribution in [2.75, 3.05) is 49.2 Å². The molecule has 16 heteroatoms. The van der Waals surface area contributed by atoms with Gasteiger partial charge in [-0.15, -0.1) is 0 Å². The van der Waals surface area contributed by atoms with Crippen LogP contribution in [0.2, 0.25) is 0 Å². The Bertz CT molecular complexity index is 2010. The van der Waals surface area contributed by atoms with Gasteiger partial charge in [-0.25, -0.2) is 32.5 Å². The molecule has 0 radical (unpaired) electrons. The topological polar surface area (TPSA) is 153 Å². The van der Waals surface area contributed by atoms with Crippen LogP contribution in [0.4, 0.5) is 20.2 Å². The highest BCUT2D eigenvalue weighted by atomic mass is 19.1. The maximum Gasteiger partial charge on any atom is 0.350 e. The first-order valence-electron chi connectivity index (χ1n) is 17.8.